The van der Waals surface area contributed by atoms with Crippen LogP contribution in [0.4, 0.5) is 0 Å². The molecule has 0 bridgehead atoms. The van der Waals surface area contributed by atoms with Crippen molar-refractivity contribution in [3.63, 3.8) is 0 Å². The second-order valence-corrected chi connectivity index (χ2v) is 3.51. The molecular formula is C9H18N2O. The van der Waals surface area contributed by atoms with Gasteiger partial charge in [-0.25, -0.2) is 5.90 Å². The summed E-state index contributed by atoms with van der Waals surface area (Å²) in [6.45, 7) is 7.20. The van der Waals surface area contributed by atoms with Crippen molar-refractivity contribution in [1.29, 1.82) is 0 Å². The van der Waals surface area contributed by atoms with Crippen molar-refractivity contribution in [1.82, 2.24) is 4.90 Å². The molecule has 3 nitrogen and oxygen atoms in total. The lowest BCUT2D eigenvalue weighted by Gasteiger charge is -2.29. The van der Waals surface area contributed by atoms with Crippen LogP contribution in [0.5, 0.6) is 0 Å². The Morgan fingerprint density at radius 2 is 2.42 bits per heavy atom. The van der Waals surface area contributed by atoms with E-state index in [1.165, 1.54) is 5.57 Å². The summed E-state index contributed by atoms with van der Waals surface area (Å²) in [7, 11) is 0. The predicted octanol–water partition coefficient (Wildman–Crippen LogP) is 0.917. The van der Waals surface area contributed by atoms with Gasteiger partial charge in [-0.05, 0) is 25.8 Å². The summed E-state index contributed by atoms with van der Waals surface area (Å²) in [6.07, 6.45) is 3.31. The Hall–Kier alpha value is -0.380. The lowest BCUT2D eigenvalue weighted by molar-refractivity contribution is 0.151. The maximum absolute atomic E-state index is 5.00. The monoisotopic (exact) mass is 170 g/mol. The summed E-state index contributed by atoms with van der Waals surface area (Å²) in [4.78, 5) is 7.02. The molecule has 0 amide bonds. The first-order valence-electron chi connectivity index (χ1n) is 4.47. The van der Waals surface area contributed by atoms with Crippen molar-refractivity contribution in [3.8, 4) is 0 Å². The van der Waals surface area contributed by atoms with Crippen LogP contribution in [0.2, 0.25) is 0 Å². The second-order valence-electron chi connectivity index (χ2n) is 3.51. The Morgan fingerprint density at radius 1 is 1.67 bits per heavy atom. The third-order valence-electron chi connectivity index (χ3n) is 2.33. The molecule has 2 N–H and O–H groups in total. The summed E-state index contributed by atoms with van der Waals surface area (Å²) < 4.78 is 0. The molecule has 0 aliphatic carbocycles. The molecule has 0 saturated heterocycles. The molecule has 0 unspecified atom stereocenters. The molecule has 3 heteroatoms. The quantitative estimate of drug-likeness (QED) is 0.505. The Balaban J connectivity index is 2.36. The van der Waals surface area contributed by atoms with Crippen molar-refractivity contribution in [2.45, 2.75) is 26.3 Å². The van der Waals surface area contributed by atoms with Gasteiger partial charge in [0, 0.05) is 19.1 Å². The molecule has 1 aliphatic heterocycles. The van der Waals surface area contributed by atoms with Crippen LogP contribution in [-0.2, 0) is 4.84 Å². The SMILES string of the molecule is CC(C)N1CC=C(CON)CC1. The van der Waals surface area contributed by atoms with E-state index in [9.17, 15) is 0 Å². The largest absolute Gasteiger partial charge is 0.300 e. The van der Waals surface area contributed by atoms with Crippen LogP contribution in [0.15, 0.2) is 11.6 Å². The number of hydrogen-bond donors (Lipinski definition) is 1. The van der Waals surface area contributed by atoms with Crippen LogP contribution in [-0.4, -0.2) is 30.6 Å². The van der Waals surface area contributed by atoms with Gasteiger partial charge in [0.25, 0.3) is 0 Å². The maximum atomic E-state index is 5.00. The third-order valence-corrected chi connectivity index (χ3v) is 2.33. The lowest BCUT2D eigenvalue weighted by atomic mass is 10.1. The number of rotatable bonds is 3. The Kier molecular flexibility index (Phi) is 3.72. The summed E-state index contributed by atoms with van der Waals surface area (Å²) in [6, 6.07) is 0.640. The van der Waals surface area contributed by atoms with E-state index in [0.717, 1.165) is 19.5 Å². The molecule has 0 saturated carbocycles. The van der Waals surface area contributed by atoms with E-state index >= 15 is 0 Å². The second kappa shape index (κ2) is 4.60. The number of hydrogen-bond acceptors (Lipinski definition) is 3. The normalized spacial score (nSPS) is 19.8. The van der Waals surface area contributed by atoms with Gasteiger partial charge < -0.3 is 4.84 Å². The lowest BCUT2D eigenvalue weighted by Crippen LogP contribution is -2.35. The van der Waals surface area contributed by atoms with E-state index in [1.54, 1.807) is 0 Å². The van der Waals surface area contributed by atoms with Crippen LogP contribution in [0.3, 0.4) is 0 Å². The average molecular weight is 170 g/mol. The van der Waals surface area contributed by atoms with E-state index in [4.69, 9.17) is 5.90 Å². The zero-order valence-electron chi connectivity index (χ0n) is 7.92. The topological polar surface area (TPSA) is 38.5 Å². The molecule has 0 radical (unpaired) electrons. The minimum atomic E-state index is 0.589. The summed E-state index contributed by atoms with van der Waals surface area (Å²) in [5.74, 6) is 5.00. The van der Waals surface area contributed by atoms with Gasteiger partial charge in [0.1, 0.15) is 0 Å². The van der Waals surface area contributed by atoms with E-state index in [2.05, 4.69) is 29.7 Å². The summed E-state index contributed by atoms with van der Waals surface area (Å²) in [5, 5.41) is 0. The fourth-order valence-electron chi connectivity index (χ4n) is 1.43. The van der Waals surface area contributed by atoms with Crippen LogP contribution in [0.1, 0.15) is 20.3 Å². The molecule has 0 aromatic carbocycles. The summed E-state index contributed by atoms with van der Waals surface area (Å²) in [5.41, 5.74) is 1.33. The molecule has 12 heavy (non-hydrogen) atoms. The molecule has 0 aromatic heterocycles. The van der Waals surface area contributed by atoms with Gasteiger partial charge in [0.2, 0.25) is 0 Å². The van der Waals surface area contributed by atoms with Crippen molar-refractivity contribution < 1.29 is 4.84 Å². The highest BCUT2D eigenvalue weighted by molar-refractivity contribution is 5.07. The molecule has 1 aliphatic rings. The minimum absolute atomic E-state index is 0.589. The van der Waals surface area contributed by atoms with Crippen molar-refractivity contribution in [2.75, 3.05) is 19.7 Å². The van der Waals surface area contributed by atoms with Gasteiger partial charge >= 0.3 is 0 Å². The van der Waals surface area contributed by atoms with Crippen molar-refractivity contribution in [3.05, 3.63) is 11.6 Å². The van der Waals surface area contributed by atoms with E-state index < -0.39 is 0 Å². The van der Waals surface area contributed by atoms with Crippen LogP contribution in [0, 0.1) is 0 Å². The number of nitrogens with two attached hydrogens (primary N) is 1. The highest BCUT2D eigenvalue weighted by atomic mass is 16.6. The Morgan fingerprint density at radius 3 is 2.83 bits per heavy atom. The summed E-state index contributed by atoms with van der Waals surface area (Å²) >= 11 is 0. The number of nitrogens with zero attached hydrogens (tertiary/aromatic N) is 1. The molecule has 1 rings (SSSR count). The standard InChI is InChI=1S/C9H18N2O/c1-8(2)11-5-3-9(4-6-11)7-12-10/h3,8H,4-7,10H2,1-2H3. The van der Waals surface area contributed by atoms with Gasteiger partial charge in [-0.1, -0.05) is 6.08 Å². The van der Waals surface area contributed by atoms with Gasteiger partial charge in [0.15, 0.2) is 0 Å². The molecule has 0 aromatic rings. The molecular weight excluding hydrogens is 152 g/mol. The first-order chi connectivity index (χ1) is 5.74. The van der Waals surface area contributed by atoms with Crippen molar-refractivity contribution in [2.24, 2.45) is 5.90 Å². The van der Waals surface area contributed by atoms with E-state index in [-0.39, 0.29) is 0 Å². The van der Waals surface area contributed by atoms with Gasteiger partial charge in [0.05, 0.1) is 6.61 Å². The van der Waals surface area contributed by atoms with Crippen molar-refractivity contribution >= 4 is 0 Å². The third kappa shape index (κ3) is 2.59. The Labute approximate surface area is 74.1 Å². The Bertz CT molecular complexity index is 166. The van der Waals surface area contributed by atoms with Gasteiger partial charge in [-0.15, -0.1) is 0 Å². The fraction of sp³-hybridized carbons (Fsp3) is 0.778. The van der Waals surface area contributed by atoms with Gasteiger partial charge in [-0.3, -0.25) is 4.90 Å². The van der Waals surface area contributed by atoms with Gasteiger partial charge in [-0.2, -0.15) is 0 Å². The first kappa shape index (κ1) is 9.71. The van der Waals surface area contributed by atoms with Crippen LogP contribution < -0.4 is 5.90 Å². The van der Waals surface area contributed by atoms with E-state index in [1.807, 2.05) is 0 Å². The average Bonchev–Trinajstić information content (AvgIpc) is 2.06. The fourth-order valence-corrected chi connectivity index (χ4v) is 1.43. The molecule has 1 heterocycles. The molecule has 0 spiro atoms. The smallest absolute Gasteiger partial charge is 0.0891 e. The molecule has 70 valence electrons. The molecule has 0 atom stereocenters. The van der Waals surface area contributed by atoms with Crippen LogP contribution in [0.25, 0.3) is 0 Å². The zero-order valence-corrected chi connectivity index (χ0v) is 7.92. The molecule has 0 fully saturated rings. The maximum Gasteiger partial charge on any atom is 0.0891 e. The predicted molar refractivity (Wildman–Crippen MR) is 49.5 cm³/mol. The zero-order chi connectivity index (χ0) is 8.97. The van der Waals surface area contributed by atoms with E-state index in [0.29, 0.717) is 12.6 Å². The first-order valence-corrected chi connectivity index (χ1v) is 4.47. The highest BCUT2D eigenvalue weighted by Gasteiger charge is 2.13. The van der Waals surface area contributed by atoms with Crippen LogP contribution >= 0.6 is 0 Å². The minimum Gasteiger partial charge on any atom is -0.300 e. The highest BCUT2D eigenvalue weighted by Crippen LogP contribution is 2.12.